The molecule has 1 aromatic rings. The van der Waals surface area contributed by atoms with Crippen molar-refractivity contribution < 1.29 is 9.90 Å². The van der Waals surface area contributed by atoms with E-state index in [0.29, 0.717) is 23.7 Å². The summed E-state index contributed by atoms with van der Waals surface area (Å²) in [6, 6.07) is 0. The molecular weight excluding hydrogens is 200 g/mol. The molecular formula is C9H12N2O2S. The number of nitrogens with two attached hydrogens (primary N) is 1. The van der Waals surface area contributed by atoms with Gasteiger partial charge in [-0.25, -0.2) is 4.98 Å². The number of aromatic nitrogens is 1. The maximum Gasteiger partial charge on any atom is 0.315 e. The predicted molar refractivity (Wildman–Crippen MR) is 54.5 cm³/mol. The molecule has 0 aliphatic heterocycles. The summed E-state index contributed by atoms with van der Waals surface area (Å²) in [5.41, 5.74) is 5.51. The van der Waals surface area contributed by atoms with Gasteiger partial charge in [0.05, 0.1) is 5.69 Å². The fourth-order valence-electron chi connectivity index (χ4n) is 2.06. The summed E-state index contributed by atoms with van der Waals surface area (Å²) in [4.78, 5) is 16.5. The van der Waals surface area contributed by atoms with Crippen LogP contribution in [0.2, 0.25) is 0 Å². The number of rotatable bonds is 2. The Hall–Kier alpha value is -1.10. The maximum atomic E-state index is 11.3. The van der Waals surface area contributed by atoms with E-state index in [2.05, 4.69) is 4.98 Å². The number of aliphatic carboxylic acids is 1. The molecule has 14 heavy (non-hydrogen) atoms. The number of hydrogen-bond donors (Lipinski definition) is 2. The highest BCUT2D eigenvalue weighted by molar-refractivity contribution is 7.15. The number of aryl methyl sites for hydroxylation is 1. The molecule has 1 aromatic heterocycles. The molecule has 1 heterocycles. The van der Waals surface area contributed by atoms with Crippen molar-refractivity contribution in [3.63, 3.8) is 0 Å². The molecule has 2 rings (SSSR count). The summed E-state index contributed by atoms with van der Waals surface area (Å²) in [5, 5.41) is 9.72. The molecule has 1 aliphatic rings. The number of nitrogen functional groups attached to an aromatic ring is 1. The van der Waals surface area contributed by atoms with Crippen molar-refractivity contribution in [1.29, 1.82) is 0 Å². The van der Waals surface area contributed by atoms with Gasteiger partial charge in [-0.15, -0.1) is 11.3 Å². The van der Waals surface area contributed by atoms with Gasteiger partial charge in [-0.05, 0) is 19.3 Å². The second-order valence-electron chi connectivity index (χ2n) is 3.56. The predicted octanol–water partition coefficient (Wildman–Crippen LogP) is 1.40. The van der Waals surface area contributed by atoms with Crippen LogP contribution in [0.4, 0.5) is 5.13 Å². The number of fused-ring (bicyclic) bond motifs is 1. The van der Waals surface area contributed by atoms with Crippen molar-refractivity contribution in [2.24, 2.45) is 0 Å². The SMILES string of the molecule is CCC1(C(=O)O)CCc2sc(N)nc21. The fraction of sp³-hybridized carbons (Fsp3) is 0.556. The summed E-state index contributed by atoms with van der Waals surface area (Å²) in [5.74, 6) is -0.774. The zero-order valence-corrected chi connectivity index (χ0v) is 8.73. The number of carboxylic acid groups (broad SMARTS) is 1. The van der Waals surface area contributed by atoms with Crippen molar-refractivity contribution in [2.75, 3.05) is 5.73 Å². The highest BCUT2D eigenvalue weighted by Gasteiger charge is 2.46. The van der Waals surface area contributed by atoms with E-state index in [9.17, 15) is 9.90 Å². The van der Waals surface area contributed by atoms with Gasteiger partial charge in [0.2, 0.25) is 0 Å². The number of carboxylic acids is 1. The molecule has 76 valence electrons. The first kappa shape index (κ1) is 9.45. The summed E-state index contributed by atoms with van der Waals surface area (Å²) < 4.78 is 0. The number of carbonyl (C=O) groups is 1. The summed E-state index contributed by atoms with van der Waals surface area (Å²) in [6.07, 6.45) is 2.04. The average molecular weight is 212 g/mol. The van der Waals surface area contributed by atoms with Gasteiger partial charge in [0.15, 0.2) is 5.13 Å². The van der Waals surface area contributed by atoms with Crippen molar-refractivity contribution in [2.45, 2.75) is 31.6 Å². The number of thiazole rings is 1. The van der Waals surface area contributed by atoms with Crippen molar-refractivity contribution >= 4 is 22.4 Å². The van der Waals surface area contributed by atoms with E-state index in [1.807, 2.05) is 6.92 Å². The summed E-state index contributed by atoms with van der Waals surface area (Å²) in [6.45, 7) is 1.89. The minimum absolute atomic E-state index is 0.480. The van der Waals surface area contributed by atoms with Gasteiger partial charge in [-0.2, -0.15) is 0 Å². The molecule has 3 N–H and O–H groups in total. The van der Waals surface area contributed by atoms with Gasteiger partial charge < -0.3 is 10.8 Å². The molecule has 0 aromatic carbocycles. The van der Waals surface area contributed by atoms with Crippen molar-refractivity contribution in [3.8, 4) is 0 Å². The van der Waals surface area contributed by atoms with Crippen LogP contribution in [0.25, 0.3) is 0 Å². The lowest BCUT2D eigenvalue weighted by Gasteiger charge is -2.20. The Morgan fingerprint density at radius 3 is 3.07 bits per heavy atom. The Morgan fingerprint density at radius 2 is 2.50 bits per heavy atom. The number of anilines is 1. The molecule has 0 radical (unpaired) electrons. The third-order valence-electron chi connectivity index (χ3n) is 2.96. The average Bonchev–Trinajstić information content (AvgIpc) is 2.61. The second-order valence-corrected chi connectivity index (χ2v) is 4.68. The molecule has 0 bridgehead atoms. The molecule has 1 aliphatic carbocycles. The topological polar surface area (TPSA) is 76.2 Å². The monoisotopic (exact) mass is 212 g/mol. The van der Waals surface area contributed by atoms with Crippen molar-refractivity contribution in [3.05, 3.63) is 10.6 Å². The first-order valence-corrected chi connectivity index (χ1v) is 5.41. The lowest BCUT2D eigenvalue weighted by atomic mass is 9.83. The van der Waals surface area contributed by atoms with Crippen LogP contribution in [0.15, 0.2) is 0 Å². The smallest absolute Gasteiger partial charge is 0.315 e. The van der Waals surface area contributed by atoms with Crippen LogP contribution in [0.1, 0.15) is 30.3 Å². The molecule has 0 saturated heterocycles. The third-order valence-corrected chi connectivity index (χ3v) is 3.90. The Bertz CT molecular complexity index is 388. The van der Waals surface area contributed by atoms with Crippen LogP contribution < -0.4 is 5.73 Å². The van der Waals surface area contributed by atoms with Gasteiger partial charge in [0, 0.05) is 4.88 Å². The van der Waals surface area contributed by atoms with E-state index in [1.54, 1.807) is 0 Å². The minimum atomic E-state index is -0.774. The van der Waals surface area contributed by atoms with Crippen LogP contribution >= 0.6 is 11.3 Å². The van der Waals surface area contributed by atoms with Crippen molar-refractivity contribution in [1.82, 2.24) is 4.98 Å². The van der Waals surface area contributed by atoms with Gasteiger partial charge in [-0.3, -0.25) is 4.79 Å². The molecule has 0 fully saturated rings. The van der Waals surface area contributed by atoms with Crippen LogP contribution in [0.5, 0.6) is 0 Å². The molecule has 0 spiro atoms. The molecule has 1 atom stereocenters. The second kappa shape index (κ2) is 2.95. The van der Waals surface area contributed by atoms with Crippen LogP contribution in [0.3, 0.4) is 0 Å². The van der Waals surface area contributed by atoms with E-state index in [-0.39, 0.29) is 0 Å². The van der Waals surface area contributed by atoms with E-state index >= 15 is 0 Å². The van der Waals surface area contributed by atoms with Crippen LogP contribution in [-0.2, 0) is 16.6 Å². The van der Waals surface area contributed by atoms with Gasteiger partial charge in [0.25, 0.3) is 0 Å². The van der Waals surface area contributed by atoms with Gasteiger partial charge >= 0.3 is 5.97 Å². The Morgan fingerprint density at radius 1 is 1.79 bits per heavy atom. The van der Waals surface area contributed by atoms with Crippen LogP contribution in [-0.4, -0.2) is 16.1 Å². The number of nitrogens with zero attached hydrogens (tertiary/aromatic N) is 1. The normalized spacial score (nSPS) is 24.9. The molecule has 0 saturated carbocycles. The van der Waals surface area contributed by atoms with E-state index in [4.69, 9.17) is 5.73 Å². The third kappa shape index (κ3) is 1.05. The molecule has 0 amide bonds. The first-order valence-electron chi connectivity index (χ1n) is 4.59. The Kier molecular flexibility index (Phi) is 1.99. The Balaban J connectivity index is 2.53. The zero-order valence-electron chi connectivity index (χ0n) is 7.91. The summed E-state index contributed by atoms with van der Waals surface area (Å²) in [7, 11) is 0. The molecule has 4 nitrogen and oxygen atoms in total. The standard InChI is InChI=1S/C9H12N2O2S/c1-2-9(7(12)13)4-3-5-6(9)11-8(10)14-5/h2-4H2,1H3,(H2,10,11)(H,12,13). The first-order chi connectivity index (χ1) is 6.60. The largest absolute Gasteiger partial charge is 0.481 e. The van der Waals surface area contributed by atoms with Gasteiger partial charge in [-0.1, -0.05) is 6.92 Å². The fourth-order valence-corrected chi connectivity index (χ4v) is 2.99. The van der Waals surface area contributed by atoms with Gasteiger partial charge in [0.1, 0.15) is 5.41 Å². The quantitative estimate of drug-likeness (QED) is 0.777. The highest BCUT2D eigenvalue weighted by Crippen LogP contribution is 2.44. The van der Waals surface area contributed by atoms with Crippen LogP contribution in [0, 0.1) is 0 Å². The summed E-state index contributed by atoms with van der Waals surface area (Å²) >= 11 is 1.42. The zero-order chi connectivity index (χ0) is 10.3. The van der Waals surface area contributed by atoms with E-state index in [1.165, 1.54) is 11.3 Å². The number of hydrogen-bond acceptors (Lipinski definition) is 4. The highest BCUT2D eigenvalue weighted by atomic mass is 32.1. The maximum absolute atomic E-state index is 11.3. The molecule has 5 heteroatoms. The lowest BCUT2D eigenvalue weighted by Crippen LogP contribution is -2.33. The Labute approximate surface area is 85.8 Å². The lowest BCUT2D eigenvalue weighted by molar-refractivity contribution is -0.144. The van der Waals surface area contributed by atoms with E-state index in [0.717, 1.165) is 11.3 Å². The van der Waals surface area contributed by atoms with E-state index < -0.39 is 11.4 Å². The molecule has 1 unspecified atom stereocenters. The minimum Gasteiger partial charge on any atom is -0.481 e.